The summed E-state index contributed by atoms with van der Waals surface area (Å²) in [5.74, 6) is 0.134. The molecule has 2 fully saturated rings. The maximum atomic E-state index is 13.6. The lowest BCUT2D eigenvalue weighted by Gasteiger charge is -2.22. The first kappa shape index (κ1) is 52.6. The van der Waals surface area contributed by atoms with Gasteiger partial charge in [0, 0.05) is 70.6 Å². The number of ether oxygens (including phenoxy) is 4. The number of amides is 4. The zero-order valence-electron chi connectivity index (χ0n) is 40.9. The maximum Gasteiger partial charge on any atom is 0.272 e. The summed E-state index contributed by atoms with van der Waals surface area (Å²) >= 11 is 7.61. The number of rotatable bonds is 17. The van der Waals surface area contributed by atoms with Gasteiger partial charge >= 0.3 is 0 Å². The van der Waals surface area contributed by atoms with Crippen LogP contribution in [0.3, 0.4) is 0 Å². The van der Waals surface area contributed by atoms with Crippen molar-refractivity contribution < 1.29 is 38.1 Å². The molecule has 9 rings (SSSR count). The third-order valence-electron chi connectivity index (χ3n) is 12.8. The minimum atomic E-state index is -0.375. The molecule has 4 heterocycles. The Kier molecular flexibility index (Phi) is 18.9. The Hall–Kier alpha value is -6.72. The number of carbonyl (C=O) groups excluding carboxylic acids is 4. The first-order valence-electron chi connectivity index (χ1n) is 24.4. The summed E-state index contributed by atoms with van der Waals surface area (Å²) in [7, 11) is 3.29. The van der Waals surface area contributed by atoms with Crippen molar-refractivity contribution in [1.82, 2.24) is 20.6 Å². The Morgan fingerprint density at radius 3 is 1.49 bits per heavy atom. The minimum Gasteiger partial charge on any atom is -0.381 e. The normalized spacial score (nSPS) is 14.0. The third-order valence-corrected chi connectivity index (χ3v) is 14.0. The fraction of sp³-hybridized carbons (Fsp3) is 0.298. The van der Waals surface area contributed by atoms with Gasteiger partial charge in [-0.2, -0.15) is 0 Å². The number of aromatic nitrogens is 2. The van der Waals surface area contributed by atoms with Gasteiger partial charge in [0.15, 0.2) is 11.4 Å². The highest BCUT2D eigenvalue weighted by Crippen LogP contribution is 2.29. The van der Waals surface area contributed by atoms with Gasteiger partial charge < -0.3 is 40.2 Å². The molecule has 0 saturated carbocycles. The summed E-state index contributed by atoms with van der Waals surface area (Å²) < 4.78 is 21.4. The van der Waals surface area contributed by atoms with E-state index in [1.54, 1.807) is 56.3 Å². The second-order valence-corrected chi connectivity index (χ2v) is 19.2. The van der Waals surface area contributed by atoms with Crippen LogP contribution >= 0.6 is 23.4 Å². The maximum absolute atomic E-state index is 13.6. The van der Waals surface area contributed by atoms with E-state index in [1.165, 1.54) is 5.56 Å². The molecule has 0 atom stereocenters. The lowest BCUT2D eigenvalue weighted by Crippen LogP contribution is -2.33. The highest BCUT2D eigenvalue weighted by molar-refractivity contribution is 7.98. The van der Waals surface area contributed by atoms with Crippen LogP contribution in [0.15, 0.2) is 132 Å². The predicted octanol–water partition coefficient (Wildman–Crippen LogP) is 10.5. The lowest BCUT2D eigenvalue weighted by atomic mass is 9.99. The van der Waals surface area contributed by atoms with E-state index in [-0.39, 0.29) is 40.2 Å². The number of anilines is 2. The summed E-state index contributed by atoms with van der Waals surface area (Å²) in [6.07, 6.45) is 3.63. The Bertz CT molecular complexity index is 3040. The van der Waals surface area contributed by atoms with Gasteiger partial charge in [-0.1, -0.05) is 103 Å². The molecule has 0 radical (unpaired) electrons. The number of hydrogen-bond acceptors (Lipinski definition) is 11. The first-order chi connectivity index (χ1) is 35.7. The quantitative estimate of drug-likeness (QED) is 0.0504. The fourth-order valence-corrected chi connectivity index (χ4v) is 9.81. The van der Waals surface area contributed by atoms with Gasteiger partial charge in [0.1, 0.15) is 5.15 Å². The van der Waals surface area contributed by atoms with Crippen LogP contribution in [0.25, 0.3) is 21.5 Å². The second-order valence-electron chi connectivity index (χ2n) is 17.8. The van der Waals surface area contributed by atoms with Crippen LogP contribution in [0.4, 0.5) is 11.4 Å². The molecule has 73 heavy (non-hydrogen) atoms. The van der Waals surface area contributed by atoms with Crippen LogP contribution in [0.5, 0.6) is 0 Å². The van der Waals surface area contributed by atoms with Crippen molar-refractivity contribution in [2.24, 2.45) is 11.8 Å². The molecule has 4 amide bonds. The smallest absolute Gasteiger partial charge is 0.272 e. The molecule has 0 spiro atoms. The van der Waals surface area contributed by atoms with Gasteiger partial charge in [-0.3, -0.25) is 19.2 Å². The molecule has 0 bridgehead atoms. The standard InChI is InChI=1S/C32H33N3O4S.C25H26ClN3O4/c1-38-20-24-11-12-27(26-10-6-5-9-25(24)26)31(36)34-28-13-14-29(40-21-23-7-3-2-4-8-23)35-30(28)32(37)33-19-22-15-17-39-18-16-22;1-32-15-17-6-7-20(19-5-3-2-4-18(17)19)24(30)28-21-8-9-22(26)29-23(21)25(31)27-14-16-10-12-33-13-11-16/h2-14,22H,15-21H2,1H3,(H,33,37)(H,34,36);2-9,16H,10-15H2,1H3,(H,27,31)(H,28,30). The van der Waals surface area contributed by atoms with Crippen LogP contribution in [-0.4, -0.2) is 87.3 Å². The summed E-state index contributed by atoms with van der Waals surface area (Å²) in [4.78, 5) is 61.9. The van der Waals surface area contributed by atoms with E-state index in [4.69, 9.17) is 35.5 Å². The van der Waals surface area contributed by atoms with Crippen molar-refractivity contribution in [3.05, 3.63) is 172 Å². The van der Waals surface area contributed by atoms with Gasteiger partial charge in [0.2, 0.25) is 0 Å². The topological polar surface area (TPSA) is 179 Å². The van der Waals surface area contributed by atoms with Gasteiger partial charge in [0.05, 0.1) is 29.6 Å². The van der Waals surface area contributed by atoms with E-state index in [9.17, 15) is 19.2 Å². The molecule has 0 aliphatic carbocycles. The average molecular weight is 1020 g/mol. The Labute approximate surface area is 434 Å². The lowest BCUT2D eigenvalue weighted by molar-refractivity contribution is 0.0642. The van der Waals surface area contributed by atoms with E-state index in [2.05, 4.69) is 38.4 Å². The van der Waals surface area contributed by atoms with Crippen molar-refractivity contribution in [1.29, 1.82) is 0 Å². The molecule has 2 aliphatic heterocycles. The van der Waals surface area contributed by atoms with Gasteiger partial charge in [-0.15, -0.1) is 11.8 Å². The Morgan fingerprint density at radius 2 is 1.00 bits per heavy atom. The zero-order chi connectivity index (χ0) is 50.9. The van der Waals surface area contributed by atoms with Gasteiger partial charge in [-0.25, -0.2) is 9.97 Å². The van der Waals surface area contributed by atoms with Crippen molar-refractivity contribution in [3.63, 3.8) is 0 Å². The SMILES string of the molecule is COCc1ccc(C(=O)Nc2ccc(Cl)nc2C(=O)NCC2CCOCC2)c2ccccc12.COCc1ccc(C(=O)Nc2ccc(SCc3ccccc3)nc2C(=O)NCC2CCOCC2)c2ccccc12. The number of nitrogens with zero attached hydrogens (tertiary/aromatic N) is 2. The van der Waals surface area contributed by atoms with Crippen LogP contribution in [0, 0.1) is 11.8 Å². The molecule has 0 unspecified atom stereocenters. The summed E-state index contributed by atoms with van der Waals surface area (Å²) in [6.45, 7) is 4.79. The summed E-state index contributed by atoms with van der Waals surface area (Å²) in [6, 6.07) is 39.6. The van der Waals surface area contributed by atoms with E-state index in [1.807, 2.05) is 84.9 Å². The highest BCUT2D eigenvalue weighted by Gasteiger charge is 2.23. The molecule has 7 aromatic rings. The first-order valence-corrected chi connectivity index (χ1v) is 25.7. The molecule has 14 nitrogen and oxygen atoms in total. The van der Waals surface area contributed by atoms with E-state index < -0.39 is 0 Å². The van der Waals surface area contributed by atoms with E-state index in [0.717, 1.165) is 64.1 Å². The number of fused-ring (bicyclic) bond motifs is 2. The minimum absolute atomic E-state index is 0.0863. The number of benzene rings is 5. The number of thioether (sulfide) groups is 1. The number of hydrogen-bond donors (Lipinski definition) is 4. The van der Waals surface area contributed by atoms with Crippen LogP contribution < -0.4 is 21.3 Å². The van der Waals surface area contributed by atoms with E-state index in [0.29, 0.717) is 92.1 Å². The molecular formula is C57H59ClN6O8S. The molecule has 2 aliphatic rings. The Morgan fingerprint density at radius 1 is 0.548 bits per heavy atom. The predicted molar refractivity (Wildman–Crippen MR) is 286 cm³/mol. The van der Waals surface area contributed by atoms with Crippen LogP contribution in [0.2, 0.25) is 5.15 Å². The third kappa shape index (κ3) is 14.1. The fourth-order valence-electron chi connectivity index (χ4n) is 8.84. The summed E-state index contributed by atoms with van der Waals surface area (Å²) in [5.41, 5.74) is 5.15. The number of carbonyl (C=O) groups is 4. The van der Waals surface area contributed by atoms with Gasteiger partial charge in [0.25, 0.3) is 23.6 Å². The number of halogens is 1. The molecule has 378 valence electrons. The number of pyridine rings is 2. The number of nitrogens with one attached hydrogen (secondary N) is 4. The molecule has 2 saturated heterocycles. The highest BCUT2D eigenvalue weighted by atomic mass is 35.5. The van der Waals surface area contributed by atoms with Gasteiger partial charge in [-0.05, 0) is 112 Å². The molecule has 5 aromatic carbocycles. The van der Waals surface area contributed by atoms with Crippen molar-refractivity contribution in [2.75, 3.05) is 64.4 Å². The second kappa shape index (κ2) is 26.3. The average Bonchev–Trinajstić information content (AvgIpc) is 3.43. The Balaban J connectivity index is 0.000000199. The van der Waals surface area contributed by atoms with Crippen molar-refractivity contribution in [2.45, 2.75) is 49.7 Å². The largest absolute Gasteiger partial charge is 0.381 e. The van der Waals surface area contributed by atoms with Crippen LogP contribution in [-0.2, 0) is 37.9 Å². The van der Waals surface area contributed by atoms with Crippen LogP contribution in [0.1, 0.15) is 84.1 Å². The molecule has 16 heteroatoms. The number of methoxy groups -OCH3 is 2. The molecule has 4 N–H and O–H groups in total. The van der Waals surface area contributed by atoms with Crippen molar-refractivity contribution in [3.8, 4) is 0 Å². The monoisotopic (exact) mass is 1020 g/mol. The zero-order valence-corrected chi connectivity index (χ0v) is 42.5. The summed E-state index contributed by atoms with van der Waals surface area (Å²) in [5, 5.41) is 16.2. The molecular weight excluding hydrogens is 964 g/mol. The molecule has 2 aromatic heterocycles. The van der Waals surface area contributed by atoms with Crippen molar-refractivity contribution >= 4 is 79.9 Å². The van der Waals surface area contributed by atoms with E-state index >= 15 is 0 Å².